The van der Waals surface area contributed by atoms with E-state index >= 15 is 0 Å². The van der Waals surface area contributed by atoms with Crippen LogP contribution in [0.4, 0.5) is 0 Å². The molecule has 3 aliphatic carbocycles. The van der Waals surface area contributed by atoms with Gasteiger partial charge in [-0.1, -0.05) is 27.7 Å². The van der Waals surface area contributed by atoms with E-state index < -0.39 is 0 Å². The smallest absolute Gasteiger partial charge is 0.0271 e. The van der Waals surface area contributed by atoms with E-state index in [4.69, 9.17) is 0 Å². The van der Waals surface area contributed by atoms with Crippen LogP contribution in [0.3, 0.4) is 0 Å². The Morgan fingerprint density at radius 1 is 1.08 bits per heavy atom. The second kappa shape index (κ2) is 2.74. The Balaban J connectivity index is 2.21. The van der Waals surface area contributed by atoms with Crippen LogP contribution in [-0.2, 0) is 0 Å². The summed E-state index contributed by atoms with van der Waals surface area (Å²) in [6.07, 6.45) is 7.50. The minimum Gasteiger partial charge on any atom is -0.0622 e. The average Bonchev–Trinajstić information content (AvgIpc) is 2.08. The van der Waals surface area contributed by atoms with Crippen LogP contribution < -0.4 is 0 Å². The van der Waals surface area contributed by atoms with E-state index in [1.165, 1.54) is 32.1 Å². The highest BCUT2D eigenvalue weighted by Gasteiger charge is 2.51. The van der Waals surface area contributed by atoms with E-state index in [-0.39, 0.29) is 0 Å². The van der Waals surface area contributed by atoms with Crippen molar-refractivity contribution in [2.24, 2.45) is 22.7 Å². The van der Waals surface area contributed by atoms with Crippen LogP contribution in [0.15, 0.2) is 0 Å². The van der Waals surface area contributed by atoms with E-state index in [1.807, 2.05) is 0 Å². The molecule has 3 fully saturated rings. The minimum absolute atomic E-state index is 0.705. The lowest BCUT2D eigenvalue weighted by Gasteiger charge is -2.58. The summed E-state index contributed by atoms with van der Waals surface area (Å²) in [4.78, 5) is 0. The molecule has 0 heterocycles. The van der Waals surface area contributed by atoms with E-state index in [1.54, 1.807) is 0 Å². The summed E-state index contributed by atoms with van der Waals surface area (Å²) in [5.41, 5.74) is 1.44. The molecule has 0 amide bonds. The van der Waals surface area contributed by atoms with Gasteiger partial charge in [-0.25, -0.2) is 0 Å². The Hall–Kier alpha value is 0. The van der Waals surface area contributed by atoms with E-state index in [9.17, 15) is 0 Å². The lowest BCUT2D eigenvalue weighted by Crippen LogP contribution is -2.47. The summed E-state index contributed by atoms with van der Waals surface area (Å²) in [5, 5.41) is 0. The second-order valence-electron chi connectivity index (χ2n) is 6.28. The molecule has 3 aliphatic rings. The van der Waals surface area contributed by atoms with Crippen molar-refractivity contribution in [1.82, 2.24) is 0 Å². The van der Waals surface area contributed by atoms with Gasteiger partial charge in [-0.3, -0.25) is 0 Å². The Kier molecular flexibility index (Phi) is 2.02. The zero-order valence-corrected chi connectivity index (χ0v) is 9.69. The maximum Gasteiger partial charge on any atom is -0.0271 e. The first-order valence-electron chi connectivity index (χ1n) is 5.99. The van der Waals surface area contributed by atoms with Crippen molar-refractivity contribution >= 4 is 0 Å². The van der Waals surface area contributed by atoms with Crippen LogP contribution in [-0.4, -0.2) is 0 Å². The second-order valence-corrected chi connectivity index (χ2v) is 6.28. The van der Waals surface area contributed by atoms with E-state index in [2.05, 4.69) is 27.7 Å². The normalized spacial score (nSPS) is 50.1. The Morgan fingerprint density at radius 3 is 2.00 bits per heavy atom. The predicted molar refractivity (Wildman–Crippen MR) is 57.6 cm³/mol. The predicted octanol–water partition coefficient (Wildman–Crippen LogP) is 4.25. The summed E-state index contributed by atoms with van der Waals surface area (Å²) < 4.78 is 0. The average molecular weight is 180 g/mol. The monoisotopic (exact) mass is 180 g/mol. The maximum atomic E-state index is 2.51. The summed E-state index contributed by atoms with van der Waals surface area (Å²) in [6.45, 7) is 9.86. The molecule has 13 heavy (non-hydrogen) atoms. The highest BCUT2D eigenvalue weighted by atomic mass is 14.6. The molecular weight excluding hydrogens is 156 g/mol. The van der Waals surface area contributed by atoms with Gasteiger partial charge in [0.15, 0.2) is 0 Å². The van der Waals surface area contributed by atoms with Crippen molar-refractivity contribution in [3.05, 3.63) is 0 Å². The molecule has 0 nitrogen and oxygen atoms in total. The van der Waals surface area contributed by atoms with Gasteiger partial charge in [-0.05, 0) is 54.8 Å². The molecule has 1 unspecified atom stereocenters. The van der Waals surface area contributed by atoms with Crippen molar-refractivity contribution in [2.75, 3.05) is 0 Å². The van der Waals surface area contributed by atoms with Crippen molar-refractivity contribution in [1.29, 1.82) is 0 Å². The van der Waals surface area contributed by atoms with Gasteiger partial charge in [0.25, 0.3) is 0 Å². The molecule has 1 atom stereocenters. The largest absolute Gasteiger partial charge is 0.0622 e. The topological polar surface area (TPSA) is 0 Å². The molecule has 2 bridgehead atoms. The standard InChI is InChI=1S/C13H24/c1-10(2)13-7-5-12(4,6-8-13)11(3)9-13/h10-11H,5-9H2,1-4H3. The molecule has 0 spiro atoms. The molecule has 3 rings (SSSR count). The number of rotatable bonds is 1. The molecule has 3 saturated carbocycles. The van der Waals surface area contributed by atoms with E-state index in [0.29, 0.717) is 5.41 Å². The van der Waals surface area contributed by atoms with Crippen LogP contribution >= 0.6 is 0 Å². The molecule has 76 valence electrons. The quantitative estimate of drug-likeness (QED) is 0.566. The lowest BCUT2D eigenvalue weighted by molar-refractivity contribution is -0.0711. The van der Waals surface area contributed by atoms with Crippen molar-refractivity contribution in [3.63, 3.8) is 0 Å². The Labute approximate surface area is 83.1 Å². The van der Waals surface area contributed by atoms with Crippen molar-refractivity contribution in [2.45, 2.75) is 59.8 Å². The fourth-order valence-electron chi connectivity index (χ4n) is 3.69. The van der Waals surface area contributed by atoms with Gasteiger partial charge in [0.2, 0.25) is 0 Å². The lowest BCUT2D eigenvalue weighted by atomic mass is 9.47. The zero-order chi connectivity index (χ0) is 9.69. The Morgan fingerprint density at radius 2 is 1.62 bits per heavy atom. The van der Waals surface area contributed by atoms with Gasteiger partial charge in [-0.15, -0.1) is 0 Å². The van der Waals surface area contributed by atoms with Crippen LogP contribution in [0.1, 0.15) is 59.8 Å². The third-order valence-corrected chi connectivity index (χ3v) is 5.52. The van der Waals surface area contributed by atoms with E-state index in [0.717, 1.165) is 17.3 Å². The van der Waals surface area contributed by atoms with Gasteiger partial charge in [0, 0.05) is 0 Å². The number of fused-ring (bicyclic) bond motifs is 3. The summed E-state index contributed by atoms with van der Waals surface area (Å²) in [5.74, 6) is 1.87. The highest BCUT2D eigenvalue weighted by Crippen LogP contribution is 2.61. The summed E-state index contributed by atoms with van der Waals surface area (Å²) in [6, 6.07) is 0. The van der Waals surface area contributed by atoms with Gasteiger partial charge in [0.1, 0.15) is 0 Å². The van der Waals surface area contributed by atoms with Crippen LogP contribution in [0.2, 0.25) is 0 Å². The van der Waals surface area contributed by atoms with Crippen LogP contribution in [0.5, 0.6) is 0 Å². The Bertz CT molecular complexity index is 194. The molecule has 0 aromatic heterocycles. The first-order chi connectivity index (χ1) is 5.99. The van der Waals surface area contributed by atoms with Gasteiger partial charge in [-0.2, -0.15) is 0 Å². The molecule has 0 aromatic rings. The third kappa shape index (κ3) is 1.25. The molecule has 0 radical (unpaired) electrons. The van der Waals surface area contributed by atoms with Gasteiger partial charge in [0.05, 0.1) is 0 Å². The number of hydrogen-bond acceptors (Lipinski definition) is 0. The van der Waals surface area contributed by atoms with Crippen LogP contribution in [0, 0.1) is 22.7 Å². The number of hydrogen-bond donors (Lipinski definition) is 0. The molecule has 0 N–H and O–H groups in total. The molecule has 0 heteroatoms. The fraction of sp³-hybridized carbons (Fsp3) is 1.00. The first-order valence-corrected chi connectivity index (χ1v) is 5.99. The molecule has 0 aliphatic heterocycles. The summed E-state index contributed by atoms with van der Waals surface area (Å²) >= 11 is 0. The van der Waals surface area contributed by atoms with Crippen molar-refractivity contribution < 1.29 is 0 Å². The van der Waals surface area contributed by atoms with Gasteiger partial charge < -0.3 is 0 Å². The molecule has 0 saturated heterocycles. The first kappa shape index (κ1) is 9.55. The molecular formula is C13H24. The SMILES string of the molecule is CC1CC2(C(C)C)CCC1(C)CC2. The van der Waals surface area contributed by atoms with Crippen molar-refractivity contribution in [3.8, 4) is 0 Å². The maximum absolute atomic E-state index is 2.51. The zero-order valence-electron chi connectivity index (χ0n) is 9.69. The summed E-state index contributed by atoms with van der Waals surface area (Å²) in [7, 11) is 0. The minimum atomic E-state index is 0.705. The fourth-order valence-corrected chi connectivity index (χ4v) is 3.69. The van der Waals surface area contributed by atoms with Crippen LogP contribution in [0.25, 0.3) is 0 Å². The van der Waals surface area contributed by atoms with Gasteiger partial charge >= 0.3 is 0 Å². The third-order valence-electron chi connectivity index (χ3n) is 5.52. The molecule has 0 aromatic carbocycles. The highest BCUT2D eigenvalue weighted by molar-refractivity contribution is 5.01.